The first-order chi connectivity index (χ1) is 12.1. The molecule has 0 spiro atoms. The predicted octanol–water partition coefficient (Wildman–Crippen LogP) is 2.16. The van der Waals surface area contributed by atoms with Crippen LogP contribution < -0.4 is 0 Å². The summed E-state index contributed by atoms with van der Waals surface area (Å²) in [6.45, 7) is 6.36. The monoisotopic (exact) mass is 342 g/mol. The van der Waals surface area contributed by atoms with Gasteiger partial charge in [0.05, 0.1) is 31.6 Å². The standard InChI is InChI=1S/C20H26N2O3/c1-14-5-6-18-17(11-14)16-3-2-4-19(24)20(16)22(18)13-15(23)12-21-7-9-25-10-8-21/h5-6,11,15,23H,2-4,7-10,12-13H2,1H3/t15-/m0/s1. The molecule has 0 unspecified atom stereocenters. The van der Waals surface area contributed by atoms with Gasteiger partial charge < -0.3 is 14.4 Å². The maximum absolute atomic E-state index is 12.6. The number of ether oxygens (including phenoxy) is 1. The molecular formula is C20H26N2O3. The predicted molar refractivity (Wildman–Crippen MR) is 97.2 cm³/mol. The van der Waals surface area contributed by atoms with E-state index in [9.17, 15) is 9.90 Å². The van der Waals surface area contributed by atoms with Crippen LogP contribution in [0, 0.1) is 6.92 Å². The highest BCUT2D eigenvalue weighted by Gasteiger charge is 2.27. The average molecular weight is 342 g/mol. The molecule has 1 aliphatic carbocycles. The average Bonchev–Trinajstić information content (AvgIpc) is 2.90. The number of aryl methyl sites for hydroxylation is 2. The lowest BCUT2D eigenvalue weighted by Gasteiger charge is -2.29. The van der Waals surface area contributed by atoms with E-state index in [0.29, 0.717) is 19.5 Å². The third kappa shape index (κ3) is 3.24. The van der Waals surface area contributed by atoms with Crippen molar-refractivity contribution < 1.29 is 14.6 Å². The van der Waals surface area contributed by atoms with Crippen molar-refractivity contribution in [3.8, 4) is 0 Å². The van der Waals surface area contributed by atoms with Crippen LogP contribution in [0.3, 0.4) is 0 Å². The Morgan fingerprint density at radius 3 is 2.80 bits per heavy atom. The lowest BCUT2D eigenvalue weighted by molar-refractivity contribution is 0.0116. The van der Waals surface area contributed by atoms with E-state index < -0.39 is 6.10 Å². The van der Waals surface area contributed by atoms with E-state index in [1.807, 2.05) is 0 Å². The number of hydrogen-bond donors (Lipinski definition) is 1. The third-order valence-corrected chi connectivity index (χ3v) is 5.38. The van der Waals surface area contributed by atoms with Gasteiger partial charge in [0, 0.05) is 37.0 Å². The van der Waals surface area contributed by atoms with E-state index in [0.717, 1.165) is 50.4 Å². The van der Waals surface area contributed by atoms with E-state index in [2.05, 4.69) is 34.6 Å². The van der Waals surface area contributed by atoms with Crippen LogP contribution in [0.1, 0.15) is 34.5 Å². The van der Waals surface area contributed by atoms with Gasteiger partial charge in [-0.1, -0.05) is 11.6 Å². The Kier molecular flexibility index (Phi) is 4.63. The number of ketones is 1. The summed E-state index contributed by atoms with van der Waals surface area (Å²) < 4.78 is 7.44. The molecule has 0 bridgehead atoms. The second-order valence-electron chi connectivity index (χ2n) is 7.30. The number of hydrogen-bond acceptors (Lipinski definition) is 4. The van der Waals surface area contributed by atoms with Gasteiger partial charge in [0.2, 0.25) is 0 Å². The normalized spacial score (nSPS) is 20.0. The first kappa shape index (κ1) is 16.8. The highest BCUT2D eigenvalue weighted by molar-refractivity contribution is 6.04. The van der Waals surface area contributed by atoms with Crippen LogP contribution in [0.2, 0.25) is 0 Å². The SMILES string of the molecule is Cc1ccc2c(c1)c1c(n2C[C@@H](O)CN2CCOCC2)C(=O)CCC1. The summed E-state index contributed by atoms with van der Waals surface area (Å²) in [5, 5.41) is 11.8. The van der Waals surface area contributed by atoms with Crippen molar-refractivity contribution in [2.45, 2.75) is 38.8 Å². The zero-order chi connectivity index (χ0) is 17.4. The zero-order valence-electron chi connectivity index (χ0n) is 14.8. The molecule has 4 rings (SSSR count). The number of carbonyl (C=O) groups excluding carboxylic acids is 1. The van der Waals surface area contributed by atoms with E-state index in [1.165, 1.54) is 16.5 Å². The number of rotatable bonds is 4. The Bertz CT molecular complexity index is 790. The van der Waals surface area contributed by atoms with Crippen molar-refractivity contribution in [3.63, 3.8) is 0 Å². The number of Topliss-reactive ketones (excluding diaryl/α,β-unsaturated/α-hetero) is 1. The molecule has 2 aromatic rings. The quantitative estimate of drug-likeness (QED) is 0.925. The number of fused-ring (bicyclic) bond motifs is 3. The third-order valence-electron chi connectivity index (χ3n) is 5.38. The van der Waals surface area contributed by atoms with E-state index in [4.69, 9.17) is 4.74 Å². The molecule has 0 radical (unpaired) electrons. The van der Waals surface area contributed by atoms with Gasteiger partial charge in [-0.05, 0) is 37.5 Å². The first-order valence-corrected chi connectivity index (χ1v) is 9.26. The zero-order valence-corrected chi connectivity index (χ0v) is 14.8. The highest BCUT2D eigenvalue weighted by atomic mass is 16.5. The van der Waals surface area contributed by atoms with Gasteiger partial charge in [-0.3, -0.25) is 9.69 Å². The van der Waals surface area contributed by atoms with E-state index in [1.54, 1.807) is 0 Å². The fourth-order valence-corrected chi connectivity index (χ4v) is 4.19. The maximum atomic E-state index is 12.6. The molecule has 25 heavy (non-hydrogen) atoms. The van der Waals surface area contributed by atoms with Crippen molar-refractivity contribution in [1.29, 1.82) is 0 Å². The summed E-state index contributed by atoms with van der Waals surface area (Å²) in [6, 6.07) is 6.36. The van der Waals surface area contributed by atoms with Gasteiger partial charge >= 0.3 is 0 Å². The van der Waals surface area contributed by atoms with Crippen LogP contribution in [0.15, 0.2) is 18.2 Å². The minimum atomic E-state index is -0.492. The van der Waals surface area contributed by atoms with Crippen molar-refractivity contribution >= 4 is 16.7 Å². The lowest BCUT2D eigenvalue weighted by atomic mass is 9.94. The summed E-state index contributed by atoms with van der Waals surface area (Å²) in [6.07, 6.45) is 2.00. The first-order valence-electron chi connectivity index (χ1n) is 9.26. The minimum Gasteiger partial charge on any atom is -0.390 e. The molecule has 1 N–H and O–H groups in total. The summed E-state index contributed by atoms with van der Waals surface area (Å²) in [5.41, 5.74) is 4.28. The minimum absolute atomic E-state index is 0.216. The number of β-amino-alcohol motifs (C(OH)–C–C–N with tert-alkyl or cyclic N) is 1. The molecule has 1 saturated heterocycles. The van der Waals surface area contributed by atoms with E-state index in [-0.39, 0.29) is 5.78 Å². The Balaban J connectivity index is 1.66. The molecular weight excluding hydrogens is 316 g/mol. The Morgan fingerprint density at radius 2 is 2.00 bits per heavy atom. The molecule has 1 aromatic heterocycles. The second kappa shape index (κ2) is 6.90. The van der Waals surface area contributed by atoms with Gasteiger partial charge in [0.1, 0.15) is 0 Å². The Labute approximate surface area is 148 Å². The molecule has 1 aliphatic heterocycles. The molecule has 0 amide bonds. The van der Waals surface area contributed by atoms with Crippen LogP contribution in [0.25, 0.3) is 10.9 Å². The summed E-state index contributed by atoms with van der Waals surface area (Å²) in [4.78, 5) is 14.8. The number of aliphatic hydroxyl groups is 1. The number of aliphatic hydroxyl groups excluding tert-OH is 1. The molecule has 2 heterocycles. The van der Waals surface area contributed by atoms with Crippen LogP contribution in [0.5, 0.6) is 0 Å². The van der Waals surface area contributed by atoms with Crippen LogP contribution >= 0.6 is 0 Å². The number of benzene rings is 1. The highest BCUT2D eigenvalue weighted by Crippen LogP contribution is 2.33. The van der Waals surface area contributed by atoms with Crippen molar-refractivity contribution in [1.82, 2.24) is 9.47 Å². The molecule has 1 atom stereocenters. The van der Waals surface area contributed by atoms with Crippen molar-refractivity contribution in [3.05, 3.63) is 35.0 Å². The summed E-state index contributed by atoms with van der Waals surface area (Å²) in [5.74, 6) is 0.216. The lowest BCUT2D eigenvalue weighted by Crippen LogP contribution is -2.42. The molecule has 134 valence electrons. The second-order valence-corrected chi connectivity index (χ2v) is 7.30. The van der Waals surface area contributed by atoms with Crippen LogP contribution in [0.4, 0.5) is 0 Å². The summed E-state index contributed by atoms with van der Waals surface area (Å²) in [7, 11) is 0. The van der Waals surface area contributed by atoms with Gasteiger partial charge in [0.15, 0.2) is 5.78 Å². The van der Waals surface area contributed by atoms with Gasteiger partial charge in [-0.2, -0.15) is 0 Å². The number of aromatic nitrogens is 1. The number of carbonyl (C=O) groups is 1. The van der Waals surface area contributed by atoms with Gasteiger partial charge in [0.25, 0.3) is 0 Å². The van der Waals surface area contributed by atoms with Crippen LogP contribution in [-0.4, -0.2) is 59.3 Å². The largest absolute Gasteiger partial charge is 0.390 e. The molecule has 0 saturated carbocycles. The van der Waals surface area contributed by atoms with Gasteiger partial charge in [-0.15, -0.1) is 0 Å². The number of nitrogens with zero attached hydrogens (tertiary/aromatic N) is 2. The van der Waals surface area contributed by atoms with Crippen molar-refractivity contribution in [2.75, 3.05) is 32.8 Å². The van der Waals surface area contributed by atoms with Gasteiger partial charge in [-0.25, -0.2) is 0 Å². The smallest absolute Gasteiger partial charge is 0.179 e. The maximum Gasteiger partial charge on any atom is 0.179 e. The van der Waals surface area contributed by atoms with E-state index >= 15 is 0 Å². The Hall–Kier alpha value is -1.69. The molecule has 2 aliphatic rings. The summed E-state index contributed by atoms with van der Waals surface area (Å²) >= 11 is 0. The molecule has 1 fully saturated rings. The fourth-order valence-electron chi connectivity index (χ4n) is 4.19. The Morgan fingerprint density at radius 1 is 1.20 bits per heavy atom. The molecule has 5 nitrogen and oxygen atoms in total. The topological polar surface area (TPSA) is 54.7 Å². The number of morpholine rings is 1. The fraction of sp³-hybridized carbons (Fsp3) is 0.550. The molecule has 1 aromatic carbocycles. The van der Waals surface area contributed by atoms with Crippen LogP contribution in [-0.2, 0) is 17.7 Å². The molecule has 5 heteroatoms. The van der Waals surface area contributed by atoms with Crippen molar-refractivity contribution in [2.24, 2.45) is 0 Å².